The van der Waals surface area contributed by atoms with Crippen molar-refractivity contribution in [1.29, 1.82) is 0 Å². The predicted molar refractivity (Wildman–Crippen MR) is 93.1 cm³/mol. The van der Waals surface area contributed by atoms with Gasteiger partial charge < -0.3 is 10.1 Å². The number of carbonyl (C=O) groups is 1. The Morgan fingerprint density at radius 2 is 1.55 bits per heavy atom. The van der Waals surface area contributed by atoms with Crippen LogP contribution in [0.1, 0.15) is 96.8 Å². The number of ether oxygens (including phenoxy) is 1. The first-order valence-electron chi connectivity index (χ1n) is 9.71. The van der Waals surface area contributed by atoms with Gasteiger partial charge in [-0.2, -0.15) is 0 Å². The third kappa shape index (κ3) is 11.1. The van der Waals surface area contributed by atoms with E-state index in [-0.39, 0.29) is 12.0 Å². The third-order valence-electron chi connectivity index (χ3n) is 4.56. The SMILES string of the molecule is CCCCCCCCCCCCCC(=O)NCC1CCCO1. The van der Waals surface area contributed by atoms with Crippen LogP contribution in [0.5, 0.6) is 0 Å². The van der Waals surface area contributed by atoms with Crippen LogP contribution < -0.4 is 5.32 Å². The van der Waals surface area contributed by atoms with Gasteiger partial charge in [0, 0.05) is 19.6 Å². The lowest BCUT2D eigenvalue weighted by atomic mass is 10.1. The highest BCUT2D eigenvalue weighted by atomic mass is 16.5. The molecule has 1 atom stereocenters. The quantitative estimate of drug-likeness (QED) is 0.459. The first-order valence-corrected chi connectivity index (χ1v) is 9.71. The first-order chi connectivity index (χ1) is 10.8. The Labute approximate surface area is 137 Å². The summed E-state index contributed by atoms with van der Waals surface area (Å²) in [5.41, 5.74) is 0. The molecule has 0 aliphatic carbocycles. The minimum absolute atomic E-state index is 0.200. The number of nitrogens with one attached hydrogen (secondary N) is 1. The second kappa shape index (κ2) is 14.0. The zero-order valence-electron chi connectivity index (χ0n) is 14.7. The van der Waals surface area contributed by atoms with Gasteiger partial charge in [-0.1, -0.05) is 71.1 Å². The van der Waals surface area contributed by atoms with Crippen LogP contribution in [0.15, 0.2) is 0 Å². The number of hydrogen-bond acceptors (Lipinski definition) is 2. The predicted octanol–water partition coefficient (Wildman–Crippen LogP) is 4.98. The van der Waals surface area contributed by atoms with E-state index in [1.165, 1.54) is 64.2 Å². The summed E-state index contributed by atoms with van der Waals surface area (Å²) < 4.78 is 5.50. The van der Waals surface area contributed by atoms with Gasteiger partial charge >= 0.3 is 0 Å². The Balaban J connectivity index is 1.76. The molecule has 3 nitrogen and oxygen atoms in total. The summed E-state index contributed by atoms with van der Waals surface area (Å²) in [6, 6.07) is 0. The van der Waals surface area contributed by atoms with E-state index >= 15 is 0 Å². The lowest BCUT2D eigenvalue weighted by Crippen LogP contribution is -2.31. The highest BCUT2D eigenvalue weighted by Gasteiger charge is 2.15. The average molecular weight is 312 g/mol. The molecule has 1 amide bonds. The van der Waals surface area contributed by atoms with Crippen molar-refractivity contribution in [2.24, 2.45) is 0 Å². The van der Waals surface area contributed by atoms with Crippen molar-refractivity contribution in [3.63, 3.8) is 0 Å². The molecule has 22 heavy (non-hydrogen) atoms. The van der Waals surface area contributed by atoms with Gasteiger partial charge in [0.1, 0.15) is 0 Å². The molecule has 1 heterocycles. The summed E-state index contributed by atoms with van der Waals surface area (Å²) >= 11 is 0. The van der Waals surface area contributed by atoms with Crippen LogP contribution >= 0.6 is 0 Å². The third-order valence-corrected chi connectivity index (χ3v) is 4.56. The Hall–Kier alpha value is -0.570. The zero-order chi connectivity index (χ0) is 15.9. The summed E-state index contributed by atoms with van der Waals surface area (Å²) in [5.74, 6) is 0.200. The van der Waals surface area contributed by atoms with Gasteiger partial charge in [0.2, 0.25) is 5.91 Å². The molecule has 3 heteroatoms. The molecule has 1 saturated heterocycles. The molecule has 1 rings (SSSR count). The summed E-state index contributed by atoms with van der Waals surface area (Å²) in [6.07, 6.45) is 17.8. The van der Waals surface area contributed by atoms with Crippen LogP contribution in [0.2, 0.25) is 0 Å². The molecular formula is C19H37NO2. The fourth-order valence-corrected chi connectivity index (χ4v) is 3.07. The maximum absolute atomic E-state index is 11.7. The van der Waals surface area contributed by atoms with Crippen molar-refractivity contribution >= 4 is 5.91 Å². The van der Waals surface area contributed by atoms with E-state index in [0.717, 1.165) is 25.9 Å². The molecule has 1 N–H and O–H groups in total. The van der Waals surface area contributed by atoms with Gasteiger partial charge in [-0.05, 0) is 19.3 Å². The molecular weight excluding hydrogens is 274 g/mol. The van der Waals surface area contributed by atoms with Crippen LogP contribution in [-0.2, 0) is 9.53 Å². The van der Waals surface area contributed by atoms with E-state index in [9.17, 15) is 4.79 Å². The molecule has 0 spiro atoms. The molecule has 1 fully saturated rings. The van der Waals surface area contributed by atoms with E-state index in [0.29, 0.717) is 13.0 Å². The number of carbonyl (C=O) groups excluding carboxylic acids is 1. The van der Waals surface area contributed by atoms with Gasteiger partial charge in [0.05, 0.1) is 6.10 Å². The average Bonchev–Trinajstić information content (AvgIpc) is 3.04. The molecule has 0 aromatic heterocycles. The molecule has 1 unspecified atom stereocenters. The second-order valence-electron chi connectivity index (χ2n) is 6.72. The number of unbranched alkanes of at least 4 members (excludes halogenated alkanes) is 10. The molecule has 130 valence electrons. The van der Waals surface area contributed by atoms with Crippen molar-refractivity contribution < 1.29 is 9.53 Å². The van der Waals surface area contributed by atoms with E-state index in [1.807, 2.05) is 0 Å². The van der Waals surface area contributed by atoms with Crippen LogP contribution in [0.4, 0.5) is 0 Å². The van der Waals surface area contributed by atoms with Gasteiger partial charge in [0.15, 0.2) is 0 Å². The summed E-state index contributed by atoms with van der Waals surface area (Å²) in [4.78, 5) is 11.7. The molecule has 1 aliphatic rings. The van der Waals surface area contributed by atoms with E-state index in [4.69, 9.17) is 4.74 Å². The topological polar surface area (TPSA) is 38.3 Å². The molecule has 0 aromatic carbocycles. The summed E-state index contributed by atoms with van der Waals surface area (Å²) in [6.45, 7) is 3.83. The fraction of sp³-hybridized carbons (Fsp3) is 0.947. The van der Waals surface area contributed by atoms with E-state index < -0.39 is 0 Å². The molecule has 0 bridgehead atoms. The molecule has 0 aromatic rings. The standard InChI is InChI=1S/C19H37NO2/c1-2-3-4-5-6-7-8-9-10-11-12-15-19(21)20-17-18-14-13-16-22-18/h18H,2-17H2,1H3,(H,20,21). The number of amides is 1. The van der Waals surface area contributed by atoms with Crippen LogP contribution in [0, 0.1) is 0 Å². The van der Waals surface area contributed by atoms with Crippen LogP contribution in [0.3, 0.4) is 0 Å². The Morgan fingerprint density at radius 1 is 0.955 bits per heavy atom. The highest BCUT2D eigenvalue weighted by Crippen LogP contribution is 2.12. The summed E-state index contributed by atoms with van der Waals surface area (Å²) in [7, 11) is 0. The van der Waals surface area contributed by atoms with Crippen molar-refractivity contribution in [3.8, 4) is 0 Å². The maximum Gasteiger partial charge on any atom is 0.220 e. The van der Waals surface area contributed by atoms with E-state index in [2.05, 4.69) is 12.2 Å². The first kappa shape index (κ1) is 19.5. The molecule has 1 aliphatic heterocycles. The lowest BCUT2D eigenvalue weighted by Gasteiger charge is -2.10. The zero-order valence-corrected chi connectivity index (χ0v) is 14.7. The van der Waals surface area contributed by atoms with Gasteiger partial charge in [-0.15, -0.1) is 0 Å². The van der Waals surface area contributed by atoms with Crippen LogP contribution in [-0.4, -0.2) is 25.2 Å². The normalized spacial score (nSPS) is 17.8. The van der Waals surface area contributed by atoms with Crippen molar-refractivity contribution in [1.82, 2.24) is 5.32 Å². The van der Waals surface area contributed by atoms with Crippen molar-refractivity contribution in [2.75, 3.05) is 13.2 Å². The Kier molecular flexibility index (Phi) is 12.4. The van der Waals surface area contributed by atoms with Crippen molar-refractivity contribution in [3.05, 3.63) is 0 Å². The fourth-order valence-electron chi connectivity index (χ4n) is 3.07. The van der Waals surface area contributed by atoms with Gasteiger partial charge in [-0.25, -0.2) is 0 Å². The maximum atomic E-state index is 11.7. The van der Waals surface area contributed by atoms with Gasteiger partial charge in [0.25, 0.3) is 0 Å². The van der Waals surface area contributed by atoms with E-state index in [1.54, 1.807) is 0 Å². The Morgan fingerprint density at radius 3 is 2.09 bits per heavy atom. The molecule has 0 radical (unpaired) electrons. The largest absolute Gasteiger partial charge is 0.376 e. The lowest BCUT2D eigenvalue weighted by molar-refractivity contribution is -0.121. The smallest absolute Gasteiger partial charge is 0.220 e. The number of rotatable bonds is 14. The van der Waals surface area contributed by atoms with Crippen molar-refractivity contribution in [2.45, 2.75) is 103 Å². The minimum Gasteiger partial charge on any atom is -0.376 e. The minimum atomic E-state index is 0.200. The summed E-state index contributed by atoms with van der Waals surface area (Å²) in [5, 5.41) is 3.00. The Bertz CT molecular complexity index is 262. The monoisotopic (exact) mass is 311 g/mol. The second-order valence-corrected chi connectivity index (χ2v) is 6.72. The van der Waals surface area contributed by atoms with Crippen LogP contribution in [0.25, 0.3) is 0 Å². The highest BCUT2D eigenvalue weighted by molar-refractivity contribution is 5.75. The van der Waals surface area contributed by atoms with Gasteiger partial charge in [-0.3, -0.25) is 4.79 Å². The number of hydrogen-bond donors (Lipinski definition) is 1. The molecule has 0 saturated carbocycles.